The van der Waals surface area contributed by atoms with E-state index in [0.717, 1.165) is 82.7 Å². The van der Waals surface area contributed by atoms with Gasteiger partial charge in [-0.25, -0.2) is 4.98 Å². The molecule has 0 N–H and O–H groups in total. The van der Waals surface area contributed by atoms with E-state index in [0.29, 0.717) is 17.6 Å². The van der Waals surface area contributed by atoms with Crippen molar-refractivity contribution in [1.29, 1.82) is 0 Å². The van der Waals surface area contributed by atoms with Gasteiger partial charge in [0.05, 0.1) is 38.8 Å². The first-order valence-electron chi connectivity index (χ1n) is 21.3. The molecule has 0 atom stereocenters. The monoisotopic (exact) mass is 804 g/mol. The van der Waals surface area contributed by atoms with Crippen LogP contribution in [0.1, 0.15) is 0 Å². The molecule has 6 nitrogen and oxygen atoms in total. The molecule has 0 radical (unpaired) electrons. The van der Waals surface area contributed by atoms with Gasteiger partial charge in [-0.3, -0.25) is 4.57 Å². The average molecular weight is 805 g/mol. The van der Waals surface area contributed by atoms with Crippen LogP contribution in [0.3, 0.4) is 0 Å². The summed E-state index contributed by atoms with van der Waals surface area (Å²) in [4.78, 5) is 15.9. The lowest BCUT2D eigenvalue weighted by atomic mass is 10.0. The Labute approximate surface area is 362 Å². The lowest BCUT2D eigenvalue weighted by Gasteiger charge is -2.16. The zero-order valence-corrected chi connectivity index (χ0v) is 34.0. The molecule has 13 aromatic rings. The smallest absolute Gasteiger partial charge is 0.238 e. The molecule has 0 aliphatic heterocycles. The molecule has 6 heteroatoms. The second kappa shape index (κ2) is 14.0. The normalized spacial score (nSPS) is 11.8. The number of hydrogen-bond acceptors (Lipinski definition) is 3. The van der Waals surface area contributed by atoms with E-state index in [4.69, 9.17) is 15.0 Å². The van der Waals surface area contributed by atoms with Gasteiger partial charge in [0, 0.05) is 49.1 Å². The maximum Gasteiger partial charge on any atom is 0.238 e. The molecule has 0 saturated heterocycles. The van der Waals surface area contributed by atoms with Gasteiger partial charge >= 0.3 is 0 Å². The van der Waals surface area contributed by atoms with Crippen LogP contribution in [0.25, 0.3) is 117 Å². The second-order valence-corrected chi connectivity index (χ2v) is 16.0. The van der Waals surface area contributed by atoms with E-state index in [-0.39, 0.29) is 0 Å². The quantitative estimate of drug-likeness (QED) is 0.168. The SMILES string of the molecule is c1ccc(-c2cccc(-n3c4ccccc4c4cc(-n5c6ccccc6c6ccccc65)c5c6ccccc6n(-c6nc(-c7ccccc7)nc(-c7ccccc7)n6)c5c43)c2)cc1. The Morgan fingerprint density at radius 3 is 1.30 bits per heavy atom. The summed E-state index contributed by atoms with van der Waals surface area (Å²) in [7, 11) is 0. The standard InChI is InChI=1S/C57H36N6/c1-4-19-37(20-5-1)40-25-18-26-41(35-40)61-47-31-14-12-29-44(47)46-36-51(62-48-32-15-10-27-42(48)43-28-11-16-33-49(43)62)52-45-30-13-17-34-50(45)63(54(52)53(46)61)57-59-55(38-21-6-2-7-22-38)58-56(60-57)39-23-8-3-9-24-39/h1-36H. The molecular formula is C57H36N6. The van der Waals surface area contributed by atoms with Gasteiger partial charge in [-0.05, 0) is 53.6 Å². The van der Waals surface area contributed by atoms with Gasteiger partial charge in [0.15, 0.2) is 11.6 Å². The molecule has 4 heterocycles. The first-order chi connectivity index (χ1) is 31.3. The summed E-state index contributed by atoms with van der Waals surface area (Å²) < 4.78 is 7.20. The maximum absolute atomic E-state index is 5.41. The van der Waals surface area contributed by atoms with Crippen molar-refractivity contribution >= 4 is 65.4 Å². The molecule has 9 aromatic carbocycles. The predicted molar refractivity (Wildman–Crippen MR) is 259 cm³/mol. The molecule has 0 fully saturated rings. The average Bonchev–Trinajstić information content (AvgIpc) is 4.01. The minimum atomic E-state index is 0.546. The van der Waals surface area contributed by atoms with E-state index in [1.807, 2.05) is 36.4 Å². The predicted octanol–water partition coefficient (Wildman–Crippen LogP) is 14.2. The highest BCUT2D eigenvalue weighted by atomic mass is 15.2. The fourth-order valence-corrected chi connectivity index (χ4v) is 9.76. The fourth-order valence-electron chi connectivity index (χ4n) is 9.76. The van der Waals surface area contributed by atoms with Gasteiger partial charge < -0.3 is 9.13 Å². The van der Waals surface area contributed by atoms with Crippen LogP contribution in [0.15, 0.2) is 218 Å². The third kappa shape index (κ3) is 5.41. The number of fused-ring (bicyclic) bond motifs is 10. The molecular weight excluding hydrogens is 769 g/mol. The van der Waals surface area contributed by atoms with Crippen molar-refractivity contribution in [3.63, 3.8) is 0 Å². The molecule has 4 aromatic heterocycles. The lowest BCUT2D eigenvalue weighted by Crippen LogP contribution is -2.07. The highest BCUT2D eigenvalue weighted by Crippen LogP contribution is 2.46. The Morgan fingerprint density at radius 2 is 0.730 bits per heavy atom. The Balaban J connectivity index is 1.26. The molecule has 0 bridgehead atoms. The molecule has 0 unspecified atom stereocenters. The molecule has 0 aliphatic carbocycles. The number of nitrogens with zero attached hydrogens (tertiary/aromatic N) is 6. The van der Waals surface area contributed by atoms with Crippen LogP contribution in [0.4, 0.5) is 0 Å². The number of rotatable bonds is 6. The minimum Gasteiger partial charge on any atom is -0.309 e. The molecule has 13 rings (SSSR count). The molecule has 0 aliphatic rings. The summed E-state index contributed by atoms with van der Waals surface area (Å²) >= 11 is 0. The number of aromatic nitrogens is 6. The van der Waals surface area contributed by atoms with Gasteiger partial charge in [0.25, 0.3) is 0 Å². The maximum atomic E-state index is 5.41. The van der Waals surface area contributed by atoms with Crippen LogP contribution in [-0.4, -0.2) is 28.7 Å². The van der Waals surface area contributed by atoms with Gasteiger partial charge in [-0.1, -0.05) is 176 Å². The van der Waals surface area contributed by atoms with E-state index in [2.05, 4.69) is 196 Å². The summed E-state index contributed by atoms with van der Waals surface area (Å²) in [5, 5.41) is 6.92. The fraction of sp³-hybridized carbons (Fsp3) is 0. The van der Waals surface area contributed by atoms with Gasteiger partial charge in [-0.15, -0.1) is 0 Å². The zero-order valence-electron chi connectivity index (χ0n) is 34.0. The second-order valence-electron chi connectivity index (χ2n) is 16.0. The summed E-state index contributed by atoms with van der Waals surface area (Å²) in [6.07, 6.45) is 0. The van der Waals surface area contributed by atoms with Gasteiger partial charge in [-0.2, -0.15) is 9.97 Å². The summed E-state index contributed by atoms with van der Waals surface area (Å²) in [6.45, 7) is 0. The number of benzene rings is 9. The van der Waals surface area contributed by atoms with E-state index in [9.17, 15) is 0 Å². The van der Waals surface area contributed by atoms with E-state index in [1.54, 1.807) is 0 Å². The van der Waals surface area contributed by atoms with Crippen molar-refractivity contribution in [2.75, 3.05) is 0 Å². The highest BCUT2D eigenvalue weighted by Gasteiger charge is 2.27. The third-order valence-corrected chi connectivity index (χ3v) is 12.5. The summed E-state index contributed by atoms with van der Waals surface area (Å²) in [5.74, 6) is 1.76. The van der Waals surface area contributed by atoms with Crippen molar-refractivity contribution in [2.24, 2.45) is 0 Å². The Hall–Kier alpha value is -8.61. The van der Waals surface area contributed by atoms with E-state index in [1.165, 1.54) is 16.3 Å². The van der Waals surface area contributed by atoms with E-state index >= 15 is 0 Å². The van der Waals surface area contributed by atoms with Crippen LogP contribution in [0.2, 0.25) is 0 Å². The summed E-state index contributed by atoms with van der Waals surface area (Å²) in [5.41, 5.74) is 12.8. The first kappa shape index (κ1) is 35.2. The van der Waals surface area contributed by atoms with Crippen molar-refractivity contribution in [3.05, 3.63) is 218 Å². The van der Waals surface area contributed by atoms with Crippen LogP contribution >= 0.6 is 0 Å². The molecule has 294 valence electrons. The van der Waals surface area contributed by atoms with Crippen LogP contribution in [0, 0.1) is 0 Å². The Morgan fingerprint density at radius 1 is 0.286 bits per heavy atom. The largest absolute Gasteiger partial charge is 0.309 e. The molecule has 63 heavy (non-hydrogen) atoms. The minimum absolute atomic E-state index is 0.546. The topological polar surface area (TPSA) is 53.5 Å². The first-order valence-corrected chi connectivity index (χ1v) is 21.3. The Bertz CT molecular complexity index is 3790. The van der Waals surface area contributed by atoms with Crippen molar-refractivity contribution < 1.29 is 0 Å². The number of para-hydroxylation sites is 4. The Kier molecular flexibility index (Phi) is 7.80. The van der Waals surface area contributed by atoms with Crippen molar-refractivity contribution in [3.8, 4) is 51.2 Å². The highest BCUT2D eigenvalue weighted by molar-refractivity contribution is 6.27. The van der Waals surface area contributed by atoms with Crippen LogP contribution in [0.5, 0.6) is 0 Å². The van der Waals surface area contributed by atoms with Gasteiger partial charge in [0.1, 0.15) is 0 Å². The lowest BCUT2D eigenvalue weighted by molar-refractivity contribution is 0.953. The zero-order chi connectivity index (χ0) is 41.4. The molecule has 0 saturated carbocycles. The van der Waals surface area contributed by atoms with Crippen molar-refractivity contribution in [2.45, 2.75) is 0 Å². The number of hydrogen-bond donors (Lipinski definition) is 0. The molecule has 0 spiro atoms. The van der Waals surface area contributed by atoms with E-state index < -0.39 is 0 Å². The summed E-state index contributed by atoms with van der Waals surface area (Å²) in [6, 6.07) is 77.4. The molecule has 0 amide bonds. The van der Waals surface area contributed by atoms with Crippen LogP contribution < -0.4 is 0 Å². The van der Waals surface area contributed by atoms with Crippen LogP contribution in [-0.2, 0) is 0 Å². The third-order valence-electron chi connectivity index (χ3n) is 12.5. The van der Waals surface area contributed by atoms with Crippen molar-refractivity contribution in [1.82, 2.24) is 28.7 Å². The van der Waals surface area contributed by atoms with Gasteiger partial charge in [0.2, 0.25) is 5.95 Å².